The van der Waals surface area contributed by atoms with Crippen LogP contribution < -0.4 is 10.2 Å². The van der Waals surface area contributed by atoms with Gasteiger partial charge in [-0.15, -0.1) is 0 Å². The zero-order chi connectivity index (χ0) is 24.3. The number of aromatic nitrogens is 1. The van der Waals surface area contributed by atoms with E-state index in [9.17, 15) is 18.0 Å². The average Bonchev–Trinajstić information content (AvgIpc) is 3.29. The summed E-state index contributed by atoms with van der Waals surface area (Å²) in [5.74, 6) is 0.0256. The van der Waals surface area contributed by atoms with Gasteiger partial charge in [-0.25, -0.2) is 0 Å². The monoisotopic (exact) mass is 471 g/mol. The summed E-state index contributed by atoms with van der Waals surface area (Å²) in [5, 5.41) is 11.8. The van der Waals surface area contributed by atoms with Crippen LogP contribution in [-0.4, -0.2) is 49.0 Å². The minimum absolute atomic E-state index is 0.0630. The summed E-state index contributed by atoms with van der Waals surface area (Å²) in [4.78, 5) is 21.0. The molecule has 2 atom stereocenters. The highest BCUT2D eigenvalue weighted by Crippen LogP contribution is 2.40. The maximum absolute atomic E-state index is 13.5. The predicted octanol–water partition coefficient (Wildman–Crippen LogP) is 3.68. The molecule has 0 aliphatic carbocycles. The van der Waals surface area contributed by atoms with Crippen molar-refractivity contribution in [2.45, 2.75) is 25.6 Å². The highest BCUT2D eigenvalue weighted by molar-refractivity contribution is 5.80. The Bertz CT molecular complexity index is 1040. The number of carbonyl (C=O) groups is 1. The van der Waals surface area contributed by atoms with Crippen molar-refractivity contribution in [3.8, 4) is 6.07 Å². The first-order chi connectivity index (χ1) is 16.3. The van der Waals surface area contributed by atoms with Crippen LogP contribution in [0.15, 0.2) is 42.7 Å². The normalized spacial score (nSPS) is 21.9. The second-order valence-corrected chi connectivity index (χ2v) is 9.10. The van der Waals surface area contributed by atoms with Gasteiger partial charge in [0.15, 0.2) is 0 Å². The molecule has 2 aromatic rings. The first kappa shape index (κ1) is 24.0. The summed E-state index contributed by atoms with van der Waals surface area (Å²) in [6.45, 7) is 3.58. The maximum atomic E-state index is 13.5. The third-order valence-corrected chi connectivity index (χ3v) is 7.14. The molecule has 0 saturated carbocycles. The number of rotatable bonds is 5. The number of nitrogens with one attached hydrogen (secondary N) is 1. The van der Waals surface area contributed by atoms with Crippen molar-refractivity contribution in [2.24, 2.45) is 17.8 Å². The SMILES string of the molecule is CNC(=O)[C@@H]1CN(c2ccc(C#N)c(C(F)(F)F)c2)C[C@H]1C1CCN(Cc2ccncc2)CC1. The number of amides is 1. The molecule has 2 saturated heterocycles. The molecule has 1 aromatic carbocycles. The molecule has 2 aliphatic heterocycles. The smallest absolute Gasteiger partial charge is 0.370 e. The van der Waals surface area contributed by atoms with Gasteiger partial charge in [0.05, 0.1) is 23.1 Å². The molecule has 1 amide bonds. The van der Waals surface area contributed by atoms with Crippen molar-refractivity contribution in [2.75, 3.05) is 38.1 Å². The fourth-order valence-corrected chi connectivity index (χ4v) is 5.33. The van der Waals surface area contributed by atoms with Gasteiger partial charge in [0.2, 0.25) is 5.91 Å². The molecule has 2 fully saturated rings. The van der Waals surface area contributed by atoms with E-state index >= 15 is 0 Å². The molecule has 0 bridgehead atoms. The van der Waals surface area contributed by atoms with Gasteiger partial charge in [0.25, 0.3) is 0 Å². The largest absolute Gasteiger partial charge is 0.417 e. The third-order valence-electron chi connectivity index (χ3n) is 7.14. The predicted molar refractivity (Wildman–Crippen MR) is 122 cm³/mol. The van der Waals surface area contributed by atoms with Crippen LogP contribution in [0.4, 0.5) is 18.9 Å². The van der Waals surface area contributed by atoms with Gasteiger partial charge >= 0.3 is 6.18 Å². The van der Waals surface area contributed by atoms with Crippen LogP contribution in [0.5, 0.6) is 0 Å². The first-order valence-electron chi connectivity index (χ1n) is 11.5. The zero-order valence-corrected chi connectivity index (χ0v) is 19.1. The third kappa shape index (κ3) is 5.17. The lowest BCUT2D eigenvalue weighted by Crippen LogP contribution is -2.40. The molecule has 9 heteroatoms. The van der Waals surface area contributed by atoms with Crippen LogP contribution in [0, 0.1) is 29.1 Å². The first-order valence-corrected chi connectivity index (χ1v) is 11.5. The fraction of sp³-hybridized carbons (Fsp3) is 0.480. The molecule has 0 radical (unpaired) electrons. The second-order valence-electron chi connectivity index (χ2n) is 9.10. The Balaban J connectivity index is 1.48. The lowest BCUT2D eigenvalue weighted by Gasteiger charge is -2.36. The van der Waals surface area contributed by atoms with Crippen molar-refractivity contribution in [3.63, 3.8) is 0 Å². The minimum Gasteiger partial charge on any atom is -0.370 e. The van der Waals surface area contributed by atoms with Crippen LogP contribution in [0.2, 0.25) is 0 Å². The Labute approximate surface area is 197 Å². The van der Waals surface area contributed by atoms with Gasteiger partial charge in [-0.1, -0.05) is 0 Å². The van der Waals surface area contributed by atoms with Gasteiger partial charge in [-0.3, -0.25) is 14.7 Å². The number of piperidine rings is 1. The van der Waals surface area contributed by atoms with Gasteiger partial charge in [0, 0.05) is 44.8 Å². The summed E-state index contributed by atoms with van der Waals surface area (Å²) in [7, 11) is 1.60. The quantitative estimate of drug-likeness (QED) is 0.720. The number of hydrogen-bond donors (Lipinski definition) is 1. The Morgan fingerprint density at radius 3 is 2.50 bits per heavy atom. The summed E-state index contributed by atoms with van der Waals surface area (Å²) in [6.07, 6.45) is 0.853. The van der Waals surface area contributed by atoms with Crippen molar-refractivity contribution < 1.29 is 18.0 Å². The highest BCUT2D eigenvalue weighted by Gasteiger charge is 2.43. The number of carbonyl (C=O) groups excluding carboxylic acids is 1. The molecule has 1 N–H and O–H groups in total. The van der Waals surface area contributed by atoms with Gasteiger partial charge in [0.1, 0.15) is 0 Å². The van der Waals surface area contributed by atoms with E-state index < -0.39 is 17.3 Å². The van der Waals surface area contributed by atoms with Crippen LogP contribution >= 0.6 is 0 Å². The molecule has 34 heavy (non-hydrogen) atoms. The van der Waals surface area contributed by atoms with E-state index in [4.69, 9.17) is 5.26 Å². The van der Waals surface area contributed by atoms with Gasteiger partial charge in [-0.2, -0.15) is 18.4 Å². The summed E-state index contributed by atoms with van der Waals surface area (Å²) in [5.41, 5.74) is 0.288. The van der Waals surface area contributed by atoms with Crippen molar-refractivity contribution in [1.82, 2.24) is 15.2 Å². The van der Waals surface area contributed by atoms with Gasteiger partial charge < -0.3 is 10.2 Å². The zero-order valence-electron chi connectivity index (χ0n) is 19.1. The molecular formula is C25H28F3N5O. The van der Waals surface area contributed by atoms with E-state index in [1.165, 1.54) is 11.6 Å². The molecule has 1 aromatic heterocycles. The lowest BCUT2D eigenvalue weighted by atomic mass is 9.78. The summed E-state index contributed by atoms with van der Waals surface area (Å²) >= 11 is 0. The van der Waals surface area contributed by atoms with E-state index in [2.05, 4.69) is 15.2 Å². The lowest BCUT2D eigenvalue weighted by molar-refractivity contribution is -0.137. The van der Waals surface area contributed by atoms with Crippen molar-refractivity contribution in [3.05, 3.63) is 59.4 Å². The van der Waals surface area contributed by atoms with Crippen LogP contribution in [0.25, 0.3) is 0 Å². The summed E-state index contributed by atoms with van der Waals surface area (Å²) < 4.78 is 40.4. The molecule has 3 heterocycles. The number of anilines is 1. The number of nitriles is 1. The Morgan fingerprint density at radius 2 is 1.88 bits per heavy atom. The number of alkyl halides is 3. The molecule has 6 nitrogen and oxygen atoms in total. The standard InChI is InChI=1S/C25H28F3N5O/c1-30-24(34)22-16-33(20-3-2-19(13-29)23(12-20)25(26,27)28)15-21(22)18-6-10-32(11-7-18)14-17-4-8-31-9-5-17/h2-5,8-9,12,18,21-22H,6-7,10-11,14-16H2,1H3,(H,30,34)/t21-,22+/m0/s1. The summed E-state index contributed by atoms with van der Waals surface area (Å²) in [6, 6.07) is 9.46. The number of likely N-dealkylation sites (tertiary alicyclic amines) is 1. The molecule has 4 rings (SSSR count). The maximum Gasteiger partial charge on any atom is 0.417 e. The van der Waals surface area contributed by atoms with Gasteiger partial charge in [-0.05, 0) is 73.7 Å². The number of halogens is 3. The number of hydrogen-bond acceptors (Lipinski definition) is 5. The van der Waals surface area contributed by atoms with Crippen molar-refractivity contribution in [1.29, 1.82) is 5.26 Å². The van der Waals surface area contributed by atoms with Crippen molar-refractivity contribution >= 4 is 11.6 Å². The van der Waals surface area contributed by atoms with Crippen LogP contribution in [0.3, 0.4) is 0 Å². The minimum atomic E-state index is -4.61. The Kier molecular flexibility index (Phi) is 7.08. The second kappa shape index (κ2) is 10.0. The molecular weight excluding hydrogens is 443 g/mol. The number of nitrogens with zero attached hydrogens (tertiary/aromatic N) is 4. The van der Waals surface area contributed by atoms with Crippen LogP contribution in [0.1, 0.15) is 29.5 Å². The van der Waals surface area contributed by atoms with E-state index in [-0.39, 0.29) is 17.7 Å². The molecule has 0 unspecified atom stereocenters. The van der Waals surface area contributed by atoms with E-state index in [0.29, 0.717) is 24.7 Å². The molecule has 180 valence electrons. The molecule has 2 aliphatic rings. The fourth-order valence-electron chi connectivity index (χ4n) is 5.33. The number of benzene rings is 1. The topological polar surface area (TPSA) is 72.3 Å². The Morgan fingerprint density at radius 1 is 1.18 bits per heavy atom. The van der Waals surface area contributed by atoms with E-state index in [1.54, 1.807) is 31.6 Å². The Hall–Kier alpha value is -3.12. The van der Waals surface area contributed by atoms with E-state index in [0.717, 1.165) is 38.5 Å². The van der Waals surface area contributed by atoms with Crippen LogP contribution in [-0.2, 0) is 17.5 Å². The number of pyridine rings is 1. The molecule has 0 spiro atoms. The van der Waals surface area contributed by atoms with E-state index in [1.807, 2.05) is 17.0 Å². The highest BCUT2D eigenvalue weighted by atomic mass is 19.4. The average molecular weight is 472 g/mol.